The molecule has 0 unspecified atom stereocenters. The van der Waals surface area contributed by atoms with Crippen LogP contribution in [0.3, 0.4) is 0 Å². The molecule has 2 aromatic rings. The van der Waals surface area contributed by atoms with Crippen molar-refractivity contribution in [2.45, 2.75) is 44.9 Å². The summed E-state index contributed by atoms with van der Waals surface area (Å²) in [5, 5.41) is 9.47. The number of hydrogen-bond donors (Lipinski definition) is 2. The van der Waals surface area contributed by atoms with Crippen molar-refractivity contribution in [1.82, 2.24) is 19.4 Å². The quantitative estimate of drug-likeness (QED) is 0.728. The molecule has 0 radical (unpaired) electrons. The molecule has 2 aliphatic carbocycles. The number of rotatable bonds is 3. The molecule has 1 aromatic heterocycles. The van der Waals surface area contributed by atoms with E-state index in [0.29, 0.717) is 17.4 Å². The summed E-state index contributed by atoms with van der Waals surface area (Å²) >= 11 is 0. The van der Waals surface area contributed by atoms with E-state index in [-0.39, 0.29) is 23.5 Å². The van der Waals surface area contributed by atoms with Crippen molar-refractivity contribution in [3.05, 3.63) is 39.0 Å². The summed E-state index contributed by atoms with van der Waals surface area (Å²) in [4.78, 5) is 53.5. The SMILES string of the molecule is Cn1c(=O)[nH]c2ccc(O)cc2c1=O.O=C1CN(C(=O)C2CCCCC2)CCN1CC1CC1. The number of H-pyrrole nitrogens is 1. The zero-order chi connectivity index (χ0) is 23.5. The van der Waals surface area contributed by atoms with Gasteiger partial charge in [0.1, 0.15) is 5.75 Å². The summed E-state index contributed by atoms with van der Waals surface area (Å²) in [6.07, 6.45) is 8.20. The molecule has 1 saturated heterocycles. The Morgan fingerprint density at radius 1 is 1.06 bits per heavy atom. The van der Waals surface area contributed by atoms with Crippen LogP contribution in [-0.2, 0) is 16.6 Å². The van der Waals surface area contributed by atoms with E-state index in [0.717, 1.165) is 43.0 Å². The Hall–Kier alpha value is -3.10. The summed E-state index contributed by atoms with van der Waals surface area (Å²) in [5.74, 6) is 1.32. The predicted octanol–water partition coefficient (Wildman–Crippen LogP) is 1.58. The topological polar surface area (TPSA) is 116 Å². The smallest absolute Gasteiger partial charge is 0.328 e. The fourth-order valence-electron chi connectivity index (χ4n) is 4.60. The average Bonchev–Trinajstić information content (AvgIpc) is 3.64. The molecule has 9 nitrogen and oxygen atoms in total. The monoisotopic (exact) mass is 456 g/mol. The van der Waals surface area contributed by atoms with Crippen molar-refractivity contribution in [3.63, 3.8) is 0 Å². The Kier molecular flexibility index (Phi) is 6.85. The van der Waals surface area contributed by atoms with Crippen LogP contribution in [0.15, 0.2) is 27.8 Å². The molecule has 5 rings (SSSR count). The lowest BCUT2D eigenvalue weighted by Crippen LogP contribution is -2.54. The highest BCUT2D eigenvalue weighted by molar-refractivity contribution is 5.87. The highest BCUT2D eigenvalue weighted by atomic mass is 16.3. The third-order valence-corrected chi connectivity index (χ3v) is 6.84. The predicted molar refractivity (Wildman–Crippen MR) is 124 cm³/mol. The van der Waals surface area contributed by atoms with Gasteiger partial charge in [0.25, 0.3) is 5.56 Å². The minimum Gasteiger partial charge on any atom is -0.508 e. The maximum Gasteiger partial charge on any atom is 0.328 e. The number of phenolic OH excluding ortho intramolecular Hbond substituents is 1. The lowest BCUT2D eigenvalue weighted by atomic mass is 9.88. The number of carbonyl (C=O) groups excluding carboxylic acids is 2. The van der Waals surface area contributed by atoms with Crippen LogP contribution in [0.1, 0.15) is 44.9 Å². The number of fused-ring (bicyclic) bond motifs is 1. The zero-order valence-corrected chi connectivity index (χ0v) is 19.1. The molecule has 9 heteroatoms. The number of hydrogen-bond acceptors (Lipinski definition) is 5. The number of phenols is 1. The van der Waals surface area contributed by atoms with Gasteiger partial charge in [-0.1, -0.05) is 19.3 Å². The normalized spacial score (nSPS) is 19.4. The summed E-state index contributed by atoms with van der Waals surface area (Å²) in [5.41, 5.74) is -0.455. The molecule has 3 fully saturated rings. The number of aromatic hydroxyl groups is 1. The van der Waals surface area contributed by atoms with Gasteiger partial charge in [-0.2, -0.15) is 0 Å². The van der Waals surface area contributed by atoms with Crippen molar-refractivity contribution in [1.29, 1.82) is 0 Å². The van der Waals surface area contributed by atoms with Gasteiger partial charge in [0, 0.05) is 32.6 Å². The van der Waals surface area contributed by atoms with E-state index < -0.39 is 11.2 Å². The summed E-state index contributed by atoms with van der Waals surface area (Å²) in [6, 6.07) is 4.23. The number of piperazine rings is 1. The van der Waals surface area contributed by atoms with Crippen LogP contribution in [0.4, 0.5) is 0 Å². The lowest BCUT2D eigenvalue weighted by molar-refractivity contribution is -0.148. The number of aromatic nitrogens is 2. The Morgan fingerprint density at radius 2 is 1.79 bits per heavy atom. The highest BCUT2D eigenvalue weighted by Gasteiger charge is 2.34. The first-order valence-electron chi connectivity index (χ1n) is 11.8. The largest absolute Gasteiger partial charge is 0.508 e. The summed E-state index contributed by atoms with van der Waals surface area (Å²) < 4.78 is 0.960. The highest BCUT2D eigenvalue weighted by Crippen LogP contribution is 2.30. The van der Waals surface area contributed by atoms with Gasteiger partial charge in [-0.05, 0) is 49.8 Å². The zero-order valence-electron chi connectivity index (χ0n) is 19.1. The first kappa shape index (κ1) is 23.1. The van der Waals surface area contributed by atoms with Crippen molar-refractivity contribution < 1.29 is 14.7 Å². The van der Waals surface area contributed by atoms with E-state index in [2.05, 4.69) is 4.98 Å². The molecule has 1 aromatic carbocycles. The number of benzene rings is 1. The molecule has 0 spiro atoms. The van der Waals surface area contributed by atoms with E-state index in [1.165, 1.54) is 57.4 Å². The van der Waals surface area contributed by atoms with Crippen molar-refractivity contribution in [2.24, 2.45) is 18.9 Å². The van der Waals surface area contributed by atoms with Gasteiger partial charge in [-0.3, -0.25) is 19.0 Å². The second-order valence-electron chi connectivity index (χ2n) is 9.40. The third kappa shape index (κ3) is 5.46. The molecular formula is C24H32N4O5. The first-order chi connectivity index (χ1) is 15.8. The van der Waals surface area contributed by atoms with Gasteiger partial charge in [-0.25, -0.2) is 4.79 Å². The van der Waals surface area contributed by atoms with Crippen LogP contribution in [0.25, 0.3) is 10.9 Å². The minimum absolute atomic E-state index is 0.00153. The molecule has 2 saturated carbocycles. The average molecular weight is 457 g/mol. The molecule has 1 aliphatic heterocycles. The molecule has 3 aliphatic rings. The molecule has 178 valence electrons. The van der Waals surface area contributed by atoms with E-state index in [1.807, 2.05) is 9.80 Å². The maximum absolute atomic E-state index is 12.4. The second-order valence-corrected chi connectivity index (χ2v) is 9.40. The third-order valence-electron chi connectivity index (χ3n) is 6.84. The molecule has 2 heterocycles. The standard InChI is InChI=1S/C15H24N2O2.C9H8N2O3/c18-14-11-17(9-8-16(14)10-12-6-7-12)15(19)13-4-2-1-3-5-13;1-11-8(13)6-4-5(12)2-3-7(6)10-9(11)14/h12-13H,1-11H2;2-4,12H,1H3,(H,10,14). The number of aromatic amines is 1. The van der Waals surface area contributed by atoms with E-state index in [4.69, 9.17) is 0 Å². The van der Waals surface area contributed by atoms with Crippen LogP contribution in [0.5, 0.6) is 5.75 Å². The van der Waals surface area contributed by atoms with Gasteiger partial charge < -0.3 is 19.9 Å². The summed E-state index contributed by atoms with van der Waals surface area (Å²) in [7, 11) is 1.38. The van der Waals surface area contributed by atoms with E-state index >= 15 is 0 Å². The fourth-order valence-corrected chi connectivity index (χ4v) is 4.60. The summed E-state index contributed by atoms with van der Waals surface area (Å²) in [6.45, 7) is 2.73. The first-order valence-corrected chi connectivity index (χ1v) is 11.8. The minimum atomic E-state index is -0.465. The van der Waals surface area contributed by atoms with Gasteiger partial charge in [0.05, 0.1) is 17.4 Å². The number of amides is 2. The Bertz CT molecular complexity index is 1140. The van der Waals surface area contributed by atoms with Crippen molar-refractivity contribution in [3.8, 4) is 5.75 Å². The number of nitrogens with zero attached hydrogens (tertiary/aromatic N) is 3. The van der Waals surface area contributed by atoms with Crippen molar-refractivity contribution in [2.75, 3.05) is 26.2 Å². The van der Waals surface area contributed by atoms with Crippen LogP contribution < -0.4 is 11.2 Å². The van der Waals surface area contributed by atoms with Crippen LogP contribution >= 0.6 is 0 Å². The Balaban J connectivity index is 0.000000165. The van der Waals surface area contributed by atoms with Crippen molar-refractivity contribution >= 4 is 22.7 Å². The van der Waals surface area contributed by atoms with Crippen LogP contribution in [0.2, 0.25) is 0 Å². The van der Waals surface area contributed by atoms with Crippen LogP contribution in [-0.4, -0.2) is 62.5 Å². The van der Waals surface area contributed by atoms with Gasteiger partial charge in [-0.15, -0.1) is 0 Å². The van der Waals surface area contributed by atoms with E-state index in [1.54, 1.807) is 0 Å². The second kappa shape index (κ2) is 9.80. The maximum atomic E-state index is 12.4. The van der Waals surface area contributed by atoms with E-state index in [9.17, 15) is 24.3 Å². The molecule has 2 N–H and O–H groups in total. The number of nitrogens with one attached hydrogen (secondary N) is 1. The number of carbonyl (C=O) groups is 2. The van der Waals surface area contributed by atoms with Gasteiger partial charge in [0.2, 0.25) is 11.8 Å². The molecule has 0 bridgehead atoms. The molecular weight excluding hydrogens is 424 g/mol. The molecule has 2 amide bonds. The fraction of sp³-hybridized carbons (Fsp3) is 0.583. The Labute approximate surface area is 192 Å². The van der Waals surface area contributed by atoms with Gasteiger partial charge in [0.15, 0.2) is 0 Å². The van der Waals surface area contributed by atoms with Gasteiger partial charge >= 0.3 is 5.69 Å². The Morgan fingerprint density at radius 3 is 2.45 bits per heavy atom. The molecule has 33 heavy (non-hydrogen) atoms. The lowest BCUT2D eigenvalue weighted by Gasteiger charge is -2.36. The molecule has 0 atom stereocenters. The van der Waals surface area contributed by atoms with Crippen LogP contribution in [0, 0.1) is 11.8 Å².